The van der Waals surface area contributed by atoms with Gasteiger partial charge in [-0.3, -0.25) is 0 Å². The minimum Gasteiger partial charge on any atom is -0.394 e. The Morgan fingerprint density at radius 1 is 1.30 bits per heavy atom. The van der Waals surface area contributed by atoms with Crippen LogP contribution < -0.4 is 5.32 Å². The van der Waals surface area contributed by atoms with Crippen LogP contribution in [-0.2, 0) is 0 Å². The molecule has 1 aliphatic rings. The third kappa shape index (κ3) is 3.17. The third-order valence-electron chi connectivity index (χ3n) is 4.75. The topological polar surface area (TPSA) is 52.6 Å². The second-order valence-corrected chi connectivity index (χ2v) is 6.15. The van der Waals surface area contributed by atoms with Gasteiger partial charge in [0.2, 0.25) is 0 Å². The number of likely N-dealkylation sites (tertiary alicyclic amines) is 1. The molecule has 2 amide bonds. The zero-order valence-corrected chi connectivity index (χ0v) is 13.5. The Morgan fingerprint density at radius 3 is 2.87 bits per heavy atom. The molecule has 1 aliphatic heterocycles. The summed E-state index contributed by atoms with van der Waals surface area (Å²) >= 11 is 0. The van der Waals surface area contributed by atoms with Crippen molar-refractivity contribution in [3.05, 3.63) is 48.0 Å². The highest BCUT2D eigenvalue weighted by Crippen LogP contribution is 2.27. The molecule has 0 bridgehead atoms. The summed E-state index contributed by atoms with van der Waals surface area (Å²) in [7, 11) is 0. The van der Waals surface area contributed by atoms with Gasteiger partial charge >= 0.3 is 6.03 Å². The number of carbonyl (C=O) groups excluding carboxylic acids is 1. The fourth-order valence-corrected chi connectivity index (χ4v) is 3.48. The predicted octanol–water partition coefficient (Wildman–Crippen LogP) is 3.46. The lowest BCUT2D eigenvalue weighted by Crippen LogP contribution is -2.45. The van der Waals surface area contributed by atoms with Crippen LogP contribution in [0.2, 0.25) is 0 Å². The van der Waals surface area contributed by atoms with Gasteiger partial charge in [0.15, 0.2) is 0 Å². The molecular weight excluding hydrogens is 288 g/mol. The molecule has 0 spiro atoms. The first kappa shape index (κ1) is 15.8. The number of hydrogen-bond acceptors (Lipinski definition) is 2. The number of aliphatic hydroxyl groups excluding tert-OH is 1. The van der Waals surface area contributed by atoms with Crippen molar-refractivity contribution >= 4 is 16.8 Å². The summed E-state index contributed by atoms with van der Waals surface area (Å²) in [6.45, 7) is 2.85. The molecule has 0 aromatic heterocycles. The monoisotopic (exact) mass is 312 g/mol. The predicted molar refractivity (Wildman–Crippen MR) is 92.3 cm³/mol. The van der Waals surface area contributed by atoms with Gasteiger partial charge in [-0.15, -0.1) is 0 Å². The Morgan fingerprint density at radius 2 is 2.09 bits per heavy atom. The van der Waals surface area contributed by atoms with Gasteiger partial charge in [0.1, 0.15) is 0 Å². The van der Waals surface area contributed by atoms with E-state index in [0.717, 1.165) is 31.4 Å². The molecule has 23 heavy (non-hydrogen) atoms. The second kappa shape index (κ2) is 7.01. The smallest absolute Gasteiger partial charge is 0.318 e. The minimum atomic E-state index is -0.0682. The number of fused-ring (bicyclic) bond motifs is 1. The number of nitrogens with zero attached hydrogens (tertiary/aromatic N) is 1. The standard InChI is InChI=1S/C19H24N2O2/c1-2-18(20-19(23)21-12-6-9-15(21)13-22)17-11-5-8-14-7-3-4-10-16(14)17/h3-5,7-8,10-11,15,18,22H,2,6,9,12-13H2,1H3,(H,20,23)/t15-,18-/m0/s1. The molecule has 1 fully saturated rings. The normalized spacial score (nSPS) is 19.0. The number of nitrogens with one attached hydrogen (secondary N) is 1. The molecule has 2 atom stereocenters. The number of urea groups is 1. The van der Waals surface area contributed by atoms with Crippen molar-refractivity contribution in [3.8, 4) is 0 Å². The van der Waals surface area contributed by atoms with Gasteiger partial charge in [0.25, 0.3) is 0 Å². The first-order valence-corrected chi connectivity index (χ1v) is 8.40. The number of rotatable bonds is 4. The van der Waals surface area contributed by atoms with Crippen LogP contribution in [0.25, 0.3) is 10.8 Å². The van der Waals surface area contributed by atoms with E-state index in [1.165, 1.54) is 10.8 Å². The molecule has 4 nitrogen and oxygen atoms in total. The summed E-state index contributed by atoms with van der Waals surface area (Å²) in [5.74, 6) is 0. The van der Waals surface area contributed by atoms with E-state index < -0.39 is 0 Å². The molecule has 2 N–H and O–H groups in total. The first-order chi connectivity index (χ1) is 11.2. The molecule has 3 rings (SSSR count). The van der Waals surface area contributed by atoms with E-state index in [1.807, 2.05) is 18.2 Å². The van der Waals surface area contributed by atoms with E-state index in [4.69, 9.17) is 0 Å². The number of amides is 2. The van der Waals surface area contributed by atoms with Crippen molar-refractivity contribution < 1.29 is 9.90 Å². The number of aliphatic hydroxyl groups is 1. The van der Waals surface area contributed by atoms with Crippen LogP contribution in [0.4, 0.5) is 4.79 Å². The Kier molecular flexibility index (Phi) is 4.82. The summed E-state index contributed by atoms with van der Waals surface area (Å²) in [4.78, 5) is 14.4. The molecule has 0 aliphatic carbocycles. The van der Waals surface area contributed by atoms with E-state index in [1.54, 1.807) is 4.90 Å². The van der Waals surface area contributed by atoms with Crippen molar-refractivity contribution in [2.75, 3.05) is 13.2 Å². The molecule has 1 saturated heterocycles. The summed E-state index contributed by atoms with van der Waals surface area (Å²) in [5.41, 5.74) is 1.15. The highest BCUT2D eigenvalue weighted by atomic mass is 16.3. The average molecular weight is 312 g/mol. The fourth-order valence-electron chi connectivity index (χ4n) is 3.48. The van der Waals surface area contributed by atoms with Crippen LogP contribution in [0.15, 0.2) is 42.5 Å². The maximum atomic E-state index is 12.6. The SMILES string of the molecule is CC[C@H](NC(=O)N1CCC[C@H]1CO)c1cccc2ccccc12. The third-order valence-corrected chi connectivity index (χ3v) is 4.75. The van der Waals surface area contributed by atoms with E-state index in [9.17, 15) is 9.90 Å². The molecular formula is C19H24N2O2. The van der Waals surface area contributed by atoms with Crippen LogP contribution in [-0.4, -0.2) is 35.2 Å². The van der Waals surface area contributed by atoms with Gasteiger partial charge in [-0.1, -0.05) is 49.4 Å². The van der Waals surface area contributed by atoms with Gasteiger partial charge in [0, 0.05) is 6.54 Å². The van der Waals surface area contributed by atoms with Crippen LogP contribution in [0, 0.1) is 0 Å². The zero-order chi connectivity index (χ0) is 16.2. The lowest BCUT2D eigenvalue weighted by Gasteiger charge is -2.27. The summed E-state index contributed by atoms with van der Waals surface area (Å²) < 4.78 is 0. The summed E-state index contributed by atoms with van der Waals surface area (Å²) in [6.07, 6.45) is 2.68. The summed E-state index contributed by atoms with van der Waals surface area (Å²) in [6, 6.07) is 14.3. The van der Waals surface area contributed by atoms with Gasteiger partial charge in [0.05, 0.1) is 18.7 Å². The van der Waals surface area contributed by atoms with Crippen LogP contribution in [0.1, 0.15) is 37.8 Å². The van der Waals surface area contributed by atoms with Crippen LogP contribution >= 0.6 is 0 Å². The number of carbonyl (C=O) groups is 1. The Hall–Kier alpha value is -2.07. The Bertz CT molecular complexity index is 681. The molecule has 122 valence electrons. The molecule has 2 aromatic carbocycles. The van der Waals surface area contributed by atoms with Crippen molar-refractivity contribution in [2.45, 2.75) is 38.3 Å². The van der Waals surface area contributed by atoms with Crippen molar-refractivity contribution in [1.82, 2.24) is 10.2 Å². The van der Waals surface area contributed by atoms with Crippen molar-refractivity contribution in [3.63, 3.8) is 0 Å². The molecule has 0 unspecified atom stereocenters. The molecule has 2 aromatic rings. The zero-order valence-electron chi connectivity index (χ0n) is 13.5. The second-order valence-electron chi connectivity index (χ2n) is 6.15. The highest BCUT2D eigenvalue weighted by molar-refractivity contribution is 5.86. The summed E-state index contributed by atoms with van der Waals surface area (Å²) in [5, 5.41) is 14.9. The number of hydrogen-bond donors (Lipinski definition) is 2. The maximum Gasteiger partial charge on any atom is 0.318 e. The first-order valence-electron chi connectivity index (χ1n) is 8.40. The van der Waals surface area contributed by atoms with Gasteiger partial charge in [-0.05, 0) is 35.6 Å². The van der Waals surface area contributed by atoms with E-state index in [-0.39, 0.29) is 24.7 Å². The largest absolute Gasteiger partial charge is 0.394 e. The van der Waals surface area contributed by atoms with Crippen molar-refractivity contribution in [2.24, 2.45) is 0 Å². The maximum absolute atomic E-state index is 12.6. The number of benzene rings is 2. The Balaban J connectivity index is 1.83. The lowest BCUT2D eigenvalue weighted by molar-refractivity contribution is 0.154. The van der Waals surface area contributed by atoms with Crippen LogP contribution in [0.5, 0.6) is 0 Å². The van der Waals surface area contributed by atoms with E-state index >= 15 is 0 Å². The van der Waals surface area contributed by atoms with E-state index in [0.29, 0.717) is 0 Å². The van der Waals surface area contributed by atoms with Gasteiger partial charge in [-0.25, -0.2) is 4.79 Å². The highest BCUT2D eigenvalue weighted by Gasteiger charge is 2.29. The fraction of sp³-hybridized carbons (Fsp3) is 0.421. The molecule has 4 heteroatoms. The van der Waals surface area contributed by atoms with Crippen LogP contribution in [0.3, 0.4) is 0 Å². The molecule has 1 heterocycles. The average Bonchev–Trinajstić information content (AvgIpc) is 3.08. The van der Waals surface area contributed by atoms with E-state index in [2.05, 4.69) is 36.5 Å². The van der Waals surface area contributed by atoms with Gasteiger partial charge in [-0.2, -0.15) is 0 Å². The minimum absolute atomic E-state index is 0.0199. The molecule has 0 saturated carbocycles. The van der Waals surface area contributed by atoms with Crippen molar-refractivity contribution in [1.29, 1.82) is 0 Å². The lowest BCUT2D eigenvalue weighted by atomic mass is 9.97. The Labute approximate surface area is 137 Å². The van der Waals surface area contributed by atoms with Gasteiger partial charge < -0.3 is 15.3 Å². The molecule has 0 radical (unpaired) electrons. The quantitative estimate of drug-likeness (QED) is 0.908.